The van der Waals surface area contributed by atoms with Crippen LogP contribution in [0.3, 0.4) is 0 Å². The number of alkyl halides is 3. The summed E-state index contributed by atoms with van der Waals surface area (Å²) in [4.78, 5) is 38.2. The first-order chi connectivity index (χ1) is 21.0. The quantitative estimate of drug-likeness (QED) is 0.283. The van der Waals surface area contributed by atoms with E-state index in [1.54, 1.807) is 0 Å². The number of carbonyl (C=O) groups is 3. The smallest absolute Gasteiger partial charge is 0.475 e. The lowest BCUT2D eigenvalue weighted by Crippen LogP contribution is -2.44. The normalized spacial score (nSPS) is 14.8. The third-order valence-corrected chi connectivity index (χ3v) is 7.74. The number of benzene rings is 2. The van der Waals surface area contributed by atoms with Gasteiger partial charge in [-0.2, -0.15) is 13.2 Å². The number of halogens is 3. The fraction of sp³-hybridized carbons (Fsp3) is 0.559. The van der Waals surface area contributed by atoms with Gasteiger partial charge in [0, 0.05) is 36.9 Å². The molecule has 45 heavy (non-hydrogen) atoms. The second-order valence-electron chi connectivity index (χ2n) is 12.5. The molecule has 1 fully saturated rings. The van der Waals surface area contributed by atoms with Crippen molar-refractivity contribution in [3.05, 3.63) is 65.2 Å². The van der Waals surface area contributed by atoms with Crippen LogP contribution in [0.25, 0.3) is 0 Å². The number of carboxylic acid groups (broad SMARTS) is 1. The summed E-state index contributed by atoms with van der Waals surface area (Å²) in [5.41, 5.74) is 3.99. The van der Waals surface area contributed by atoms with Gasteiger partial charge < -0.3 is 25.0 Å². The molecule has 1 heterocycles. The Hall–Kier alpha value is -3.60. The van der Waals surface area contributed by atoms with Crippen molar-refractivity contribution in [3.8, 4) is 0 Å². The number of likely N-dealkylation sites (tertiary alicyclic amines) is 1. The van der Waals surface area contributed by atoms with E-state index in [-0.39, 0.29) is 17.4 Å². The molecule has 0 aliphatic carbocycles. The Kier molecular flexibility index (Phi) is 14.4. The van der Waals surface area contributed by atoms with Crippen molar-refractivity contribution in [1.82, 2.24) is 9.80 Å². The number of hydrogen-bond donors (Lipinski definition) is 2. The van der Waals surface area contributed by atoms with Crippen LogP contribution in [0.15, 0.2) is 48.5 Å². The van der Waals surface area contributed by atoms with Crippen LogP contribution in [0, 0.1) is 5.92 Å². The maximum absolute atomic E-state index is 12.9. The first kappa shape index (κ1) is 37.6. The largest absolute Gasteiger partial charge is 0.490 e. The molecule has 2 amide bonds. The van der Waals surface area contributed by atoms with Gasteiger partial charge in [0.2, 0.25) is 0 Å². The van der Waals surface area contributed by atoms with Crippen molar-refractivity contribution in [2.75, 3.05) is 38.1 Å². The van der Waals surface area contributed by atoms with E-state index in [4.69, 9.17) is 14.6 Å². The van der Waals surface area contributed by atoms with Gasteiger partial charge in [-0.3, -0.25) is 4.79 Å². The zero-order valence-electron chi connectivity index (χ0n) is 27.2. The number of nitrogens with one attached hydrogen (secondary N) is 1. The second-order valence-corrected chi connectivity index (χ2v) is 12.5. The molecule has 1 unspecified atom stereocenters. The number of hydrogen-bond acceptors (Lipinski definition) is 5. The molecule has 1 aliphatic rings. The summed E-state index contributed by atoms with van der Waals surface area (Å²) >= 11 is 0. The number of carboxylic acids is 1. The summed E-state index contributed by atoms with van der Waals surface area (Å²) in [6, 6.07) is 16.5. The minimum atomic E-state index is -5.08. The van der Waals surface area contributed by atoms with E-state index in [0.29, 0.717) is 24.1 Å². The molecule has 0 aromatic heterocycles. The lowest BCUT2D eigenvalue weighted by Gasteiger charge is -2.36. The van der Waals surface area contributed by atoms with Gasteiger partial charge in [0.1, 0.15) is 0 Å². The number of nitrogens with zero attached hydrogens (tertiary/aromatic N) is 2. The molecule has 2 N–H and O–H groups in total. The fourth-order valence-corrected chi connectivity index (χ4v) is 5.19. The molecular weight excluding hydrogens is 587 g/mol. The molecule has 0 saturated carbocycles. The Labute approximate surface area is 264 Å². The molecule has 0 bridgehead atoms. The Bertz CT molecular complexity index is 1240. The average Bonchev–Trinajstić information content (AvgIpc) is 2.97. The molecule has 1 atom stereocenters. The SMILES string of the molecule is CCCN(CC1CCN(C(=O)OCC)CC1)C(C)Cc1cccc(NC(=O)c2ccc(C(C)(C)C)cc2)c1.O=C(O)C(F)(F)F. The molecule has 0 radical (unpaired) electrons. The van der Waals surface area contributed by atoms with E-state index in [9.17, 15) is 22.8 Å². The number of piperidine rings is 1. The molecule has 250 valence electrons. The fourth-order valence-electron chi connectivity index (χ4n) is 5.19. The highest BCUT2D eigenvalue weighted by molar-refractivity contribution is 6.04. The van der Waals surface area contributed by atoms with Crippen molar-refractivity contribution in [2.24, 2.45) is 5.92 Å². The van der Waals surface area contributed by atoms with Gasteiger partial charge >= 0.3 is 18.2 Å². The summed E-state index contributed by atoms with van der Waals surface area (Å²) in [7, 11) is 0. The summed E-state index contributed by atoms with van der Waals surface area (Å²) < 4.78 is 36.9. The molecule has 1 aliphatic heterocycles. The maximum Gasteiger partial charge on any atom is 0.490 e. The van der Waals surface area contributed by atoms with Crippen molar-refractivity contribution >= 4 is 23.7 Å². The zero-order chi connectivity index (χ0) is 33.8. The number of rotatable bonds is 10. The van der Waals surface area contributed by atoms with Crippen molar-refractivity contribution in [1.29, 1.82) is 0 Å². The minimum Gasteiger partial charge on any atom is -0.475 e. The molecule has 1 saturated heterocycles. The van der Waals surface area contributed by atoms with E-state index in [0.717, 1.165) is 57.5 Å². The van der Waals surface area contributed by atoms with Gasteiger partial charge in [0.25, 0.3) is 5.91 Å². The van der Waals surface area contributed by atoms with Gasteiger partial charge in [-0.25, -0.2) is 9.59 Å². The molecular formula is C34H48F3N3O5. The molecule has 2 aromatic rings. The van der Waals surface area contributed by atoms with E-state index in [2.05, 4.69) is 57.0 Å². The number of amides is 2. The third-order valence-electron chi connectivity index (χ3n) is 7.74. The third kappa shape index (κ3) is 12.7. The first-order valence-electron chi connectivity index (χ1n) is 15.5. The predicted molar refractivity (Wildman–Crippen MR) is 170 cm³/mol. The maximum atomic E-state index is 12.9. The van der Waals surface area contributed by atoms with Crippen molar-refractivity contribution in [3.63, 3.8) is 0 Å². The lowest BCUT2D eigenvalue weighted by molar-refractivity contribution is -0.192. The molecule has 0 spiro atoms. The van der Waals surface area contributed by atoms with Crippen LogP contribution in [0.4, 0.5) is 23.7 Å². The van der Waals surface area contributed by atoms with E-state index >= 15 is 0 Å². The van der Waals surface area contributed by atoms with Gasteiger partial charge in [0.05, 0.1) is 6.61 Å². The van der Waals surface area contributed by atoms with Crippen molar-refractivity contribution < 1.29 is 37.4 Å². The van der Waals surface area contributed by atoms with E-state index < -0.39 is 12.1 Å². The zero-order valence-corrected chi connectivity index (χ0v) is 27.2. The van der Waals surface area contributed by atoms with E-state index in [1.807, 2.05) is 48.2 Å². The summed E-state index contributed by atoms with van der Waals surface area (Å²) in [6.07, 6.45) is -1.20. The summed E-state index contributed by atoms with van der Waals surface area (Å²) in [5.74, 6) is -2.25. The van der Waals surface area contributed by atoms with Gasteiger partial charge in [-0.05, 0) is 92.8 Å². The Balaban J connectivity index is 0.000000900. The second kappa shape index (κ2) is 17.2. The topological polar surface area (TPSA) is 99.2 Å². The predicted octanol–water partition coefficient (Wildman–Crippen LogP) is 7.38. The number of anilines is 1. The monoisotopic (exact) mass is 635 g/mol. The van der Waals surface area contributed by atoms with Crippen LogP contribution >= 0.6 is 0 Å². The van der Waals surface area contributed by atoms with Crippen LogP contribution in [0.5, 0.6) is 0 Å². The lowest BCUT2D eigenvalue weighted by atomic mass is 9.87. The summed E-state index contributed by atoms with van der Waals surface area (Å²) in [5, 5.41) is 10.2. The number of aliphatic carboxylic acids is 1. The molecule has 8 nitrogen and oxygen atoms in total. The number of ether oxygens (including phenoxy) is 1. The average molecular weight is 636 g/mol. The van der Waals surface area contributed by atoms with Gasteiger partial charge in [0.15, 0.2) is 0 Å². The molecule has 11 heteroatoms. The molecule has 2 aromatic carbocycles. The minimum absolute atomic E-state index is 0.0612. The van der Waals surface area contributed by atoms with Crippen LogP contribution in [-0.2, 0) is 21.4 Å². The number of carbonyl (C=O) groups excluding carboxylic acids is 2. The highest BCUT2D eigenvalue weighted by atomic mass is 19.4. The van der Waals surface area contributed by atoms with Crippen LogP contribution < -0.4 is 5.32 Å². The van der Waals surface area contributed by atoms with Gasteiger partial charge in [-0.1, -0.05) is 52.0 Å². The van der Waals surface area contributed by atoms with Crippen LogP contribution in [0.1, 0.15) is 82.3 Å². The Morgan fingerprint density at radius 1 is 1.04 bits per heavy atom. The van der Waals surface area contributed by atoms with E-state index in [1.165, 1.54) is 11.1 Å². The summed E-state index contributed by atoms with van der Waals surface area (Å²) in [6.45, 7) is 17.0. The first-order valence-corrected chi connectivity index (χ1v) is 15.5. The highest BCUT2D eigenvalue weighted by Crippen LogP contribution is 2.24. The molecule has 3 rings (SSSR count). The standard InChI is InChI=1S/C32H47N3O3.C2HF3O2/c1-7-18-35(23-25-16-19-34(20-17-25)31(37)38-8-2)24(3)21-26-10-9-11-29(22-26)33-30(36)27-12-14-28(15-13-27)32(4,5)6;3-2(4,5)1(6)7/h9-15,22,24-25H,7-8,16-21,23H2,1-6H3,(H,33,36);(H,6,7). The van der Waals surface area contributed by atoms with Crippen LogP contribution in [-0.4, -0.2) is 77.9 Å². The Morgan fingerprint density at radius 3 is 2.16 bits per heavy atom. The van der Waals surface area contributed by atoms with Crippen LogP contribution in [0.2, 0.25) is 0 Å². The highest BCUT2D eigenvalue weighted by Gasteiger charge is 2.38. The van der Waals surface area contributed by atoms with Gasteiger partial charge in [-0.15, -0.1) is 0 Å². The van der Waals surface area contributed by atoms with Crippen molar-refractivity contribution in [2.45, 2.75) is 84.9 Å². The Morgan fingerprint density at radius 2 is 1.64 bits per heavy atom.